The monoisotopic (exact) mass is 449 g/mol. The third kappa shape index (κ3) is 4.72. The van der Waals surface area contributed by atoms with Gasteiger partial charge in [-0.25, -0.2) is 9.97 Å². The summed E-state index contributed by atoms with van der Waals surface area (Å²) in [4.78, 5) is 27.2. The van der Waals surface area contributed by atoms with Crippen molar-refractivity contribution < 1.29 is 4.79 Å². The molecule has 2 fully saturated rings. The van der Waals surface area contributed by atoms with Crippen molar-refractivity contribution in [1.29, 1.82) is 0 Å². The number of piperidine rings is 2. The van der Waals surface area contributed by atoms with E-state index in [1.165, 1.54) is 25.6 Å². The summed E-state index contributed by atoms with van der Waals surface area (Å²) in [6.07, 6.45) is 6.96. The summed E-state index contributed by atoms with van der Waals surface area (Å²) in [6.45, 7) is 3.52. The van der Waals surface area contributed by atoms with Gasteiger partial charge in [-0.1, -0.05) is 6.07 Å². The van der Waals surface area contributed by atoms with Crippen LogP contribution in [-0.2, 0) is 4.79 Å². The van der Waals surface area contributed by atoms with Crippen LogP contribution in [0.5, 0.6) is 0 Å². The fraction of sp³-hybridized carbons (Fsp3) is 0.435. The average Bonchev–Trinajstić information content (AvgIpc) is 3.40. The summed E-state index contributed by atoms with van der Waals surface area (Å²) >= 11 is 1.65. The molecule has 2 aliphatic rings. The smallest absolute Gasteiger partial charge is 0.230 e. The summed E-state index contributed by atoms with van der Waals surface area (Å²) in [6, 6.07) is 9.94. The van der Waals surface area contributed by atoms with Gasteiger partial charge in [-0.05, 0) is 55.7 Å². The van der Waals surface area contributed by atoms with E-state index in [1.807, 2.05) is 35.7 Å². The van der Waals surface area contributed by atoms with Crippen molar-refractivity contribution in [2.24, 2.45) is 5.92 Å². The van der Waals surface area contributed by atoms with Crippen LogP contribution < -0.4 is 15.1 Å². The van der Waals surface area contributed by atoms with E-state index in [2.05, 4.69) is 35.3 Å². The van der Waals surface area contributed by atoms with Gasteiger partial charge >= 0.3 is 0 Å². The largest absolute Gasteiger partial charge is 0.356 e. The van der Waals surface area contributed by atoms with E-state index < -0.39 is 0 Å². The normalized spacial score (nSPS) is 19.1. The number of anilines is 3. The number of hydrogen-bond acceptors (Lipinski definition) is 8. The Labute approximate surface area is 191 Å². The molecule has 3 aromatic rings. The molecule has 0 spiro atoms. The first-order valence-electron chi connectivity index (χ1n) is 11.3. The Balaban J connectivity index is 1.22. The number of hydrogen-bond donors (Lipinski definition) is 1. The number of thiophene rings is 1. The molecule has 0 radical (unpaired) electrons. The minimum Gasteiger partial charge on any atom is -0.356 e. The second kappa shape index (κ2) is 9.60. The van der Waals surface area contributed by atoms with Crippen LogP contribution in [0, 0.1) is 5.92 Å². The highest BCUT2D eigenvalue weighted by Gasteiger charge is 2.27. The number of carbonyl (C=O) groups is 1. The van der Waals surface area contributed by atoms with E-state index in [9.17, 15) is 4.79 Å². The van der Waals surface area contributed by atoms with Crippen molar-refractivity contribution >= 4 is 34.7 Å². The minimum absolute atomic E-state index is 0.00107. The van der Waals surface area contributed by atoms with Crippen molar-refractivity contribution in [2.45, 2.75) is 32.1 Å². The molecule has 3 aromatic heterocycles. The number of aromatic nitrogens is 4. The van der Waals surface area contributed by atoms with Crippen molar-refractivity contribution in [3.8, 4) is 10.6 Å². The Morgan fingerprint density at radius 1 is 0.969 bits per heavy atom. The zero-order valence-corrected chi connectivity index (χ0v) is 18.8. The van der Waals surface area contributed by atoms with Crippen molar-refractivity contribution in [3.05, 3.63) is 42.0 Å². The molecule has 2 saturated heterocycles. The lowest BCUT2D eigenvalue weighted by atomic mass is 9.97. The highest BCUT2D eigenvalue weighted by atomic mass is 32.1. The highest BCUT2D eigenvalue weighted by molar-refractivity contribution is 7.13. The quantitative estimate of drug-likeness (QED) is 0.633. The maximum atomic E-state index is 13.0. The molecule has 1 amide bonds. The third-order valence-corrected chi connectivity index (χ3v) is 7.02. The zero-order valence-electron chi connectivity index (χ0n) is 18.0. The number of rotatable bonds is 5. The highest BCUT2D eigenvalue weighted by Crippen LogP contribution is 2.26. The second-order valence-electron chi connectivity index (χ2n) is 8.34. The molecule has 8 nitrogen and oxygen atoms in total. The molecule has 166 valence electrons. The molecule has 0 aliphatic carbocycles. The van der Waals surface area contributed by atoms with E-state index in [0.29, 0.717) is 12.4 Å². The van der Waals surface area contributed by atoms with E-state index in [0.717, 1.165) is 54.7 Å². The number of carbonyl (C=O) groups excluding carboxylic acids is 1. The lowest BCUT2D eigenvalue weighted by Gasteiger charge is -2.32. The zero-order chi connectivity index (χ0) is 21.8. The second-order valence-corrected chi connectivity index (χ2v) is 9.29. The molecule has 5 heterocycles. The topological polar surface area (TPSA) is 87.1 Å². The Morgan fingerprint density at radius 3 is 2.62 bits per heavy atom. The molecule has 9 heteroatoms. The van der Waals surface area contributed by atoms with Gasteiger partial charge in [0.2, 0.25) is 5.91 Å². The molecule has 0 saturated carbocycles. The fourth-order valence-electron chi connectivity index (χ4n) is 4.39. The molecular weight excluding hydrogens is 422 g/mol. The third-order valence-electron chi connectivity index (χ3n) is 6.12. The van der Waals surface area contributed by atoms with Crippen molar-refractivity contribution in [2.75, 3.05) is 41.3 Å². The van der Waals surface area contributed by atoms with Crippen LogP contribution in [0.1, 0.15) is 32.1 Å². The van der Waals surface area contributed by atoms with Crippen LogP contribution in [0.3, 0.4) is 0 Å². The number of nitrogens with one attached hydrogen (secondary N) is 1. The van der Waals surface area contributed by atoms with E-state index in [-0.39, 0.29) is 11.8 Å². The molecule has 0 aromatic carbocycles. The van der Waals surface area contributed by atoms with Crippen LogP contribution in [0.2, 0.25) is 0 Å². The lowest BCUT2D eigenvalue weighted by molar-refractivity contribution is -0.120. The summed E-state index contributed by atoms with van der Waals surface area (Å²) in [5, 5.41) is 13.9. The van der Waals surface area contributed by atoms with Gasteiger partial charge in [-0.15, -0.1) is 21.5 Å². The standard InChI is InChI=1S/C23H27N7OS/c31-23(26-20-14-22(25-16-24-20)29-10-2-1-3-11-29)17-6-4-12-30(15-17)21-9-8-18(27-28-21)19-7-5-13-32-19/h5,7-9,13-14,16-17H,1-4,6,10-12,15H2,(H,24,25,26,31). The fourth-order valence-corrected chi connectivity index (χ4v) is 5.08. The summed E-state index contributed by atoms with van der Waals surface area (Å²) in [7, 11) is 0. The lowest BCUT2D eigenvalue weighted by Crippen LogP contribution is -2.41. The van der Waals surface area contributed by atoms with Gasteiger partial charge in [-0.3, -0.25) is 4.79 Å². The molecule has 0 bridgehead atoms. The van der Waals surface area contributed by atoms with Gasteiger partial charge in [0.25, 0.3) is 0 Å². The average molecular weight is 450 g/mol. The molecule has 1 atom stereocenters. The molecule has 1 unspecified atom stereocenters. The predicted octanol–water partition coefficient (Wildman–Crippen LogP) is 3.84. The first-order valence-corrected chi connectivity index (χ1v) is 12.1. The Kier molecular flexibility index (Phi) is 6.24. The van der Waals surface area contributed by atoms with Crippen LogP contribution in [0.25, 0.3) is 10.6 Å². The van der Waals surface area contributed by atoms with Crippen LogP contribution in [0.4, 0.5) is 17.5 Å². The molecule has 1 N–H and O–H groups in total. The van der Waals surface area contributed by atoms with Crippen LogP contribution in [-0.4, -0.2) is 52.3 Å². The van der Waals surface area contributed by atoms with Gasteiger partial charge in [0.05, 0.1) is 10.8 Å². The van der Waals surface area contributed by atoms with Crippen LogP contribution in [0.15, 0.2) is 42.0 Å². The van der Waals surface area contributed by atoms with Gasteiger partial charge in [0, 0.05) is 32.2 Å². The van der Waals surface area contributed by atoms with Gasteiger partial charge in [-0.2, -0.15) is 0 Å². The van der Waals surface area contributed by atoms with Gasteiger partial charge < -0.3 is 15.1 Å². The first kappa shape index (κ1) is 20.8. The van der Waals surface area contributed by atoms with Gasteiger partial charge in [0.15, 0.2) is 5.82 Å². The van der Waals surface area contributed by atoms with Gasteiger partial charge in [0.1, 0.15) is 23.7 Å². The predicted molar refractivity (Wildman–Crippen MR) is 127 cm³/mol. The molecule has 5 rings (SSSR count). The molecular formula is C23H27N7OS. The Hall–Kier alpha value is -3.07. The Morgan fingerprint density at radius 2 is 1.84 bits per heavy atom. The number of nitrogens with zero attached hydrogens (tertiary/aromatic N) is 6. The Bertz CT molecular complexity index is 1030. The maximum absolute atomic E-state index is 13.0. The number of amides is 1. The van der Waals surface area contributed by atoms with E-state index in [1.54, 1.807) is 11.3 Å². The van der Waals surface area contributed by atoms with Crippen molar-refractivity contribution in [1.82, 2.24) is 20.2 Å². The summed E-state index contributed by atoms with van der Waals surface area (Å²) in [5.74, 6) is 2.17. The summed E-state index contributed by atoms with van der Waals surface area (Å²) in [5.41, 5.74) is 0.878. The maximum Gasteiger partial charge on any atom is 0.230 e. The van der Waals surface area contributed by atoms with E-state index >= 15 is 0 Å². The SMILES string of the molecule is O=C(Nc1cc(N2CCCCC2)ncn1)C1CCCN(c2ccc(-c3cccs3)nn2)C1. The van der Waals surface area contributed by atoms with Crippen LogP contribution >= 0.6 is 11.3 Å². The molecule has 32 heavy (non-hydrogen) atoms. The summed E-state index contributed by atoms with van der Waals surface area (Å²) < 4.78 is 0. The van der Waals surface area contributed by atoms with Crippen molar-refractivity contribution in [3.63, 3.8) is 0 Å². The molecule has 2 aliphatic heterocycles. The first-order chi connectivity index (χ1) is 15.8. The minimum atomic E-state index is -0.115. The van der Waals surface area contributed by atoms with E-state index in [4.69, 9.17) is 0 Å².